The minimum atomic E-state index is -0.0538. The lowest BCUT2D eigenvalue weighted by Gasteiger charge is -2.07. The fourth-order valence-corrected chi connectivity index (χ4v) is 2.43. The van der Waals surface area contributed by atoms with Crippen molar-refractivity contribution in [2.24, 2.45) is 18.9 Å². The SMILES string of the molecule is Cn1ccnc1C(=O)NC1C2CNCC21. The smallest absolute Gasteiger partial charge is 0.287 e. The van der Waals surface area contributed by atoms with Crippen molar-refractivity contribution in [1.82, 2.24) is 20.2 Å². The van der Waals surface area contributed by atoms with Crippen molar-refractivity contribution in [2.75, 3.05) is 13.1 Å². The number of imidazole rings is 1. The van der Waals surface area contributed by atoms with Crippen LogP contribution in [-0.4, -0.2) is 34.6 Å². The molecule has 0 radical (unpaired) electrons. The lowest BCUT2D eigenvalue weighted by atomic mass is 10.4. The number of carbonyl (C=O) groups excluding carboxylic acids is 1. The molecule has 5 heteroatoms. The second-order valence-corrected chi connectivity index (χ2v) is 4.35. The Hall–Kier alpha value is -1.36. The van der Waals surface area contributed by atoms with Crippen LogP contribution in [0.1, 0.15) is 10.6 Å². The molecule has 2 aliphatic rings. The van der Waals surface area contributed by atoms with Gasteiger partial charge in [-0.05, 0) is 11.8 Å². The maximum atomic E-state index is 11.8. The van der Waals surface area contributed by atoms with Gasteiger partial charge in [0.25, 0.3) is 5.91 Å². The van der Waals surface area contributed by atoms with E-state index in [1.807, 2.05) is 7.05 Å². The maximum Gasteiger partial charge on any atom is 0.287 e. The standard InChI is InChI=1S/C10H14N4O/c1-14-3-2-12-9(14)10(15)13-8-6-4-11-5-7(6)8/h2-3,6-8,11H,4-5H2,1H3,(H,13,15). The van der Waals surface area contributed by atoms with Crippen LogP contribution in [0.4, 0.5) is 0 Å². The Morgan fingerprint density at radius 3 is 2.93 bits per heavy atom. The third kappa shape index (κ3) is 1.34. The van der Waals surface area contributed by atoms with Gasteiger partial charge in [0.1, 0.15) is 0 Å². The summed E-state index contributed by atoms with van der Waals surface area (Å²) >= 11 is 0. The summed E-state index contributed by atoms with van der Waals surface area (Å²) in [6.45, 7) is 2.08. The molecule has 3 rings (SSSR count). The van der Waals surface area contributed by atoms with Gasteiger partial charge in [0.15, 0.2) is 5.82 Å². The summed E-state index contributed by atoms with van der Waals surface area (Å²) in [5.74, 6) is 1.73. The molecular weight excluding hydrogens is 192 g/mol. The number of aromatic nitrogens is 2. The van der Waals surface area contributed by atoms with E-state index in [0.717, 1.165) is 13.1 Å². The highest BCUT2D eigenvalue weighted by Crippen LogP contribution is 2.41. The van der Waals surface area contributed by atoms with E-state index < -0.39 is 0 Å². The minimum Gasteiger partial charge on any atom is -0.346 e. The quantitative estimate of drug-likeness (QED) is 0.677. The van der Waals surface area contributed by atoms with Crippen LogP contribution in [0.15, 0.2) is 12.4 Å². The molecule has 2 atom stereocenters. The van der Waals surface area contributed by atoms with Crippen LogP contribution in [-0.2, 0) is 7.05 Å². The molecule has 2 unspecified atom stereocenters. The van der Waals surface area contributed by atoms with Crippen molar-refractivity contribution in [3.63, 3.8) is 0 Å². The van der Waals surface area contributed by atoms with Crippen molar-refractivity contribution in [3.05, 3.63) is 18.2 Å². The highest BCUT2D eigenvalue weighted by molar-refractivity contribution is 5.91. The van der Waals surface area contributed by atoms with E-state index in [0.29, 0.717) is 23.7 Å². The number of nitrogens with zero attached hydrogens (tertiary/aromatic N) is 2. The summed E-state index contributed by atoms with van der Waals surface area (Å²) in [6.07, 6.45) is 3.42. The monoisotopic (exact) mass is 206 g/mol. The first kappa shape index (κ1) is 8.91. The van der Waals surface area contributed by atoms with Gasteiger partial charge in [-0.2, -0.15) is 0 Å². The molecule has 1 aliphatic heterocycles. The Balaban J connectivity index is 1.65. The van der Waals surface area contributed by atoms with Gasteiger partial charge in [0.05, 0.1) is 0 Å². The van der Waals surface area contributed by atoms with E-state index in [1.54, 1.807) is 17.0 Å². The third-order valence-corrected chi connectivity index (χ3v) is 3.41. The molecule has 1 saturated carbocycles. The number of rotatable bonds is 2. The first-order valence-corrected chi connectivity index (χ1v) is 5.26. The minimum absolute atomic E-state index is 0.0538. The summed E-state index contributed by atoms with van der Waals surface area (Å²) in [5, 5.41) is 6.34. The predicted octanol–water partition coefficient (Wildman–Crippen LogP) is -0.632. The Morgan fingerprint density at radius 1 is 1.60 bits per heavy atom. The van der Waals surface area contributed by atoms with E-state index in [2.05, 4.69) is 15.6 Å². The van der Waals surface area contributed by atoms with Crippen molar-refractivity contribution in [1.29, 1.82) is 0 Å². The lowest BCUT2D eigenvalue weighted by molar-refractivity contribution is 0.0933. The zero-order valence-corrected chi connectivity index (χ0v) is 8.60. The van der Waals surface area contributed by atoms with Gasteiger partial charge in [-0.25, -0.2) is 4.98 Å². The van der Waals surface area contributed by atoms with Crippen molar-refractivity contribution >= 4 is 5.91 Å². The molecule has 80 valence electrons. The molecular formula is C10H14N4O. The fourth-order valence-electron chi connectivity index (χ4n) is 2.43. The maximum absolute atomic E-state index is 11.8. The molecule has 2 N–H and O–H groups in total. The average molecular weight is 206 g/mol. The van der Waals surface area contributed by atoms with Gasteiger partial charge in [-0.3, -0.25) is 4.79 Å². The van der Waals surface area contributed by atoms with Gasteiger partial charge in [-0.15, -0.1) is 0 Å². The van der Waals surface area contributed by atoms with Gasteiger partial charge >= 0.3 is 0 Å². The summed E-state index contributed by atoms with van der Waals surface area (Å²) < 4.78 is 1.74. The Labute approximate surface area is 87.9 Å². The Morgan fingerprint density at radius 2 is 2.33 bits per heavy atom. The van der Waals surface area contributed by atoms with E-state index in [-0.39, 0.29) is 5.91 Å². The highest BCUT2D eigenvalue weighted by atomic mass is 16.2. The molecule has 0 aromatic carbocycles. The normalized spacial score (nSPS) is 32.5. The number of hydrogen-bond donors (Lipinski definition) is 2. The third-order valence-electron chi connectivity index (χ3n) is 3.41. The van der Waals surface area contributed by atoms with Crippen molar-refractivity contribution in [3.8, 4) is 0 Å². The van der Waals surface area contributed by atoms with Crippen molar-refractivity contribution in [2.45, 2.75) is 6.04 Å². The van der Waals surface area contributed by atoms with Crippen LogP contribution in [0, 0.1) is 11.8 Å². The summed E-state index contributed by atoms with van der Waals surface area (Å²) in [6, 6.07) is 0.371. The second-order valence-electron chi connectivity index (χ2n) is 4.35. The van der Waals surface area contributed by atoms with Gasteiger partial charge in [-0.1, -0.05) is 0 Å². The van der Waals surface area contributed by atoms with E-state index >= 15 is 0 Å². The number of piperidine rings is 1. The van der Waals surface area contributed by atoms with E-state index in [4.69, 9.17) is 0 Å². The van der Waals surface area contributed by atoms with Crippen LogP contribution < -0.4 is 10.6 Å². The Kier molecular flexibility index (Phi) is 1.82. The van der Waals surface area contributed by atoms with Crippen LogP contribution in [0.2, 0.25) is 0 Å². The van der Waals surface area contributed by atoms with Crippen LogP contribution in [0.5, 0.6) is 0 Å². The van der Waals surface area contributed by atoms with Crippen molar-refractivity contribution < 1.29 is 4.79 Å². The lowest BCUT2D eigenvalue weighted by Crippen LogP contribution is -2.33. The summed E-state index contributed by atoms with van der Waals surface area (Å²) in [4.78, 5) is 15.8. The zero-order valence-electron chi connectivity index (χ0n) is 8.60. The molecule has 5 nitrogen and oxygen atoms in total. The average Bonchev–Trinajstić information content (AvgIpc) is 2.66. The molecule has 2 fully saturated rings. The second kappa shape index (κ2) is 3.06. The zero-order chi connectivity index (χ0) is 10.4. The van der Waals surface area contributed by atoms with Crippen LogP contribution >= 0.6 is 0 Å². The molecule has 0 spiro atoms. The largest absolute Gasteiger partial charge is 0.346 e. The molecule has 15 heavy (non-hydrogen) atoms. The first-order chi connectivity index (χ1) is 7.27. The first-order valence-electron chi connectivity index (χ1n) is 5.26. The van der Waals surface area contributed by atoms with E-state index in [9.17, 15) is 4.79 Å². The molecule has 1 amide bonds. The predicted molar refractivity (Wildman–Crippen MR) is 54.3 cm³/mol. The fraction of sp³-hybridized carbons (Fsp3) is 0.600. The van der Waals surface area contributed by atoms with Gasteiger partial charge < -0.3 is 15.2 Å². The Bertz CT molecular complexity index is 390. The molecule has 1 aromatic rings. The molecule has 1 saturated heterocycles. The number of fused-ring (bicyclic) bond motifs is 1. The number of hydrogen-bond acceptors (Lipinski definition) is 3. The van der Waals surface area contributed by atoms with Gasteiger partial charge in [0.2, 0.25) is 0 Å². The highest BCUT2D eigenvalue weighted by Gasteiger charge is 2.53. The molecule has 0 bridgehead atoms. The number of carbonyl (C=O) groups is 1. The van der Waals surface area contributed by atoms with Crippen LogP contribution in [0.25, 0.3) is 0 Å². The topological polar surface area (TPSA) is 59.0 Å². The molecule has 2 heterocycles. The number of aryl methyl sites for hydroxylation is 1. The van der Waals surface area contributed by atoms with Gasteiger partial charge in [0, 0.05) is 38.6 Å². The van der Waals surface area contributed by atoms with E-state index in [1.165, 1.54) is 0 Å². The summed E-state index contributed by atoms with van der Waals surface area (Å²) in [7, 11) is 1.83. The summed E-state index contributed by atoms with van der Waals surface area (Å²) in [5.41, 5.74) is 0. The number of nitrogens with one attached hydrogen (secondary N) is 2. The molecule has 1 aliphatic carbocycles. The van der Waals surface area contributed by atoms with Crippen LogP contribution in [0.3, 0.4) is 0 Å². The number of amides is 1. The molecule has 1 aromatic heterocycles.